The Balaban J connectivity index is 1.80. The summed E-state index contributed by atoms with van der Waals surface area (Å²) in [5.74, 6) is 1.49. The quantitative estimate of drug-likeness (QED) is 0.851. The molecule has 0 amide bonds. The predicted molar refractivity (Wildman–Crippen MR) is 78.6 cm³/mol. The number of nitrogens with zero attached hydrogens (tertiary/aromatic N) is 2. The fraction of sp³-hybridized carbons (Fsp3) is 0.643. The molecule has 2 aliphatic heterocycles. The standard InChI is InChI=1S/C14H19Cl2N3/c1-14(2)11-6-17-4-9(11)7-19(14)8-10-5-18-13(16)3-12(10)15/h3,5,9,11,17H,4,6-8H2,1-2H3. The summed E-state index contributed by atoms with van der Waals surface area (Å²) >= 11 is 12.1. The second kappa shape index (κ2) is 4.88. The molecule has 0 bridgehead atoms. The first-order valence-corrected chi connectivity index (χ1v) is 7.50. The SMILES string of the molecule is CC1(C)C2CNCC2CN1Cc1cnc(Cl)cc1Cl. The van der Waals surface area contributed by atoms with E-state index in [0.717, 1.165) is 43.6 Å². The number of nitrogens with one attached hydrogen (secondary N) is 1. The van der Waals surface area contributed by atoms with Crippen LogP contribution in [0, 0.1) is 11.8 Å². The Morgan fingerprint density at radius 1 is 1.42 bits per heavy atom. The van der Waals surface area contributed by atoms with Gasteiger partial charge in [0, 0.05) is 42.0 Å². The molecule has 0 aromatic carbocycles. The topological polar surface area (TPSA) is 28.2 Å². The Morgan fingerprint density at radius 2 is 2.21 bits per heavy atom. The van der Waals surface area contributed by atoms with Gasteiger partial charge in [-0.05, 0) is 38.3 Å². The Kier molecular flexibility index (Phi) is 3.50. The molecule has 1 aromatic heterocycles. The van der Waals surface area contributed by atoms with Crippen molar-refractivity contribution >= 4 is 23.2 Å². The van der Waals surface area contributed by atoms with Crippen molar-refractivity contribution in [3.05, 3.63) is 28.0 Å². The van der Waals surface area contributed by atoms with Gasteiger partial charge in [-0.25, -0.2) is 4.98 Å². The van der Waals surface area contributed by atoms with Gasteiger partial charge in [-0.1, -0.05) is 23.2 Å². The molecule has 3 heterocycles. The Labute approximate surface area is 124 Å². The highest BCUT2D eigenvalue weighted by Crippen LogP contribution is 2.41. The molecular weight excluding hydrogens is 281 g/mol. The van der Waals surface area contributed by atoms with Gasteiger partial charge in [0.05, 0.1) is 0 Å². The van der Waals surface area contributed by atoms with Crippen LogP contribution in [0.4, 0.5) is 0 Å². The minimum Gasteiger partial charge on any atom is -0.316 e. The second-order valence-electron chi connectivity index (χ2n) is 6.16. The molecule has 1 aromatic rings. The third-order valence-electron chi connectivity index (χ3n) is 4.77. The zero-order valence-electron chi connectivity index (χ0n) is 11.3. The highest BCUT2D eigenvalue weighted by atomic mass is 35.5. The van der Waals surface area contributed by atoms with Gasteiger partial charge >= 0.3 is 0 Å². The van der Waals surface area contributed by atoms with Gasteiger partial charge in [0.2, 0.25) is 0 Å². The molecule has 0 saturated carbocycles. The molecule has 1 N–H and O–H groups in total. The van der Waals surface area contributed by atoms with Crippen LogP contribution < -0.4 is 5.32 Å². The first kappa shape index (κ1) is 13.6. The van der Waals surface area contributed by atoms with E-state index in [1.165, 1.54) is 0 Å². The van der Waals surface area contributed by atoms with Gasteiger partial charge in [0.25, 0.3) is 0 Å². The molecule has 2 fully saturated rings. The highest BCUT2D eigenvalue weighted by molar-refractivity contribution is 6.34. The van der Waals surface area contributed by atoms with Gasteiger partial charge in [0.15, 0.2) is 0 Å². The van der Waals surface area contributed by atoms with Crippen LogP contribution in [0.5, 0.6) is 0 Å². The van der Waals surface area contributed by atoms with E-state index in [1.54, 1.807) is 12.3 Å². The summed E-state index contributed by atoms with van der Waals surface area (Å²) in [5, 5.41) is 4.67. The van der Waals surface area contributed by atoms with Gasteiger partial charge in [-0.2, -0.15) is 0 Å². The maximum atomic E-state index is 6.26. The first-order chi connectivity index (χ1) is 8.98. The van der Waals surface area contributed by atoms with Gasteiger partial charge < -0.3 is 5.32 Å². The maximum Gasteiger partial charge on any atom is 0.130 e. The number of fused-ring (bicyclic) bond motifs is 1. The van der Waals surface area contributed by atoms with Crippen LogP contribution in [-0.4, -0.2) is 35.1 Å². The number of rotatable bonds is 2. The van der Waals surface area contributed by atoms with E-state index in [4.69, 9.17) is 23.2 Å². The lowest BCUT2D eigenvalue weighted by atomic mass is 9.85. The van der Waals surface area contributed by atoms with Crippen molar-refractivity contribution in [2.75, 3.05) is 19.6 Å². The molecule has 2 atom stereocenters. The molecule has 2 saturated heterocycles. The van der Waals surface area contributed by atoms with Crippen molar-refractivity contribution in [1.29, 1.82) is 0 Å². The Bertz CT molecular complexity index is 490. The minimum atomic E-state index is 0.205. The van der Waals surface area contributed by atoms with E-state index >= 15 is 0 Å². The third kappa shape index (κ3) is 2.38. The molecule has 5 heteroatoms. The summed E-state index contributed by atoms with van der Waals surface area (Å²) < 4.78 is 0. The number of hydrogen-bond acceptors (Lipinski definition) is 3. The zero-order chi connectivity index (χ0) is 13.6. The lowest BCUT2D eigenvalue weighted by Gasteiger charge is -2.35. The fourth-order valence-corrected chi connectivity index (χ4v) is 3.96. The highest BCUT2D eigenvalue weighted by Gasteiger charge is 2.49. The molecular formula is C14H19Cl2N3. The predicted octanol–water partition coefficient (Wildman–Crippen LogP) is 2.82. The van der Waals surface area contributed by atoms with E-state index in [-0.39, 0.29) is 5.54 Å². The summed E-state index contributed by atoms with van der Waals surface area (Å²) in [7, 11) is 0. The van der Waals surface area contributed by atoms with Gasteiger partial charge in [0.1, 0.15) is 5.15 Å². The smallest absolute Gasteiger partial charge is 0.130 e. The van der Waals surface area contributed by atoms with E-state index in [1.807, 2.05) is 0 Å². The lowest BCUT2D eigenvalue weighted by molar-refractivity contribution is 0.132. The number of likely N-dealkylation sites (tertiary alicyclic amines) is 1. The van der Waals surface area contributed by atoms with Crippen molar-refractivity contribution in [3.63, 3.8) is 0 Å². The van der Waals surface area contributed by atoms with E-state index in [2.05, 4.69) is 29.0 Å². The third-order valence-corrected chi connectivity index (χ3v) is 5.33. The molecule has 104 valence electrons. The van der Waals surface area contributed by atoms with Crippen molar-refractivity contribution in [3.8, 4) is 0 Å². The van der Waals surface area contributed by atoms with Crippen LogP contribution in [0.3, 0.4) is 0 Å². The largest absolute Gasteiger partial charge is 0.316 e. The van der Waals surface area contributed by atoms with E-state index in [0.29, 0.717) is 10.2 Å². The van der Waals surface area contributed by atoms with Gasteiger partial charge in [-0.3, -0.25) is 4.90 Å². The summed E-state index contributed by atoms with van der Waals surface area (Å²) in [6.45, 7) is 8.91. The van der Waals surface area contributed by atoms with Crippen LogP contribution in [0.1, 0.15) is 19.4 Å². The molecule has 0 aliphatic carbocycles. The summed E-state index contributed by atoms with van der Waals surface area (Å²) in [4.78, 5) is 6.67. The zero-order valence-corrected chi connectivity index (χ0v) is 12.8. The number of aromatic nitrogens is 1. The van der Waals surface area contributed by atoms with Crippen LogP contribution in [-0.2, 0) is 6.54 Å². The second-order valence-corrected chi connectivity index (χ2v) is 6.95. The molecule has 3 rings (SSSR count). The molecule has 0 radical (unpaired) electrons. The summed E-state index contributed by atoms with van der Waals surface area (Å²) in [5.41, 5.74) is 1.27. The van der Waals surface area contributed by atoms with Gasteiger partial charge in [-0.15, -0.1) is 0 Å². The minimum absolute atomic E-state index is 0.205. The summed E-state index contributed by atoms with van der Waals surface area (Å²) in [6.07, 6.45) is 1.80. The number of hydrogen-bond donors (Lipinski definition) is 1. The number of halogens is 2. The molecule has 3 nitrogen and oxygen atoms in total. The molecule has 0 spiro atoms. The average Bonchev–Trinajstić information content (AvgIpc) is 2.87. The fourth-order valence-electron chi connectivity index (χ4n) is 3.53. The average molecular weight is 300 g/mol. The summed E-state index contributed by atoms with van der Waals surface area (Å²) in [6, 6.07) is 1.73. The van der Waals surface area contributed by atoms with Crippen molar-refractivity contribution < 1.29 is 0 Å². The Morgan fingerprint density at radius 3 is 2.89 bits per heavy atom. The molecule has 19 heavy (non-hydrogen) atoms. The van der Waals surface area contributed by atoms with Crippen LogP contribution in [0.15, 0.2) is 12.3 Å². The van der Waals surface area contributed by atoms with E-state index < -0.39 is 0 Å². The molecule has 2 aliphatic rings. The normalized spacial score (nSPS) is 29.7. The van der Waals surface area contributed by atoms with E-state index in [9.17, 15) is 0 Å². The number of pyridine rings is 1. The monoisotopic (exact) mass is 299 g/mol. The van der Waals surface area contributed by atoms with Crippen LogP contribution in [0.25, 0.3) is 0 Å². The molecule has 2 unspecified atom stereocenters. The lowest BCUT2D eigenvalue weighted by Crippen LogP contribution is -2.43. The van der Waals surface area contributed by atoms with Crippen molar-refractivity contribution in [2.45, 2.75) is 25.9 Å². The Hall–Kier alpha value is -0.350. The van der Waals surface area contributed by atoms with Crippen LogP contribution in [0.2, 0.25) is 10.2 Å². The maximum absolute atomic E-state index is 6.26. The van der Waals surface area contributed by atoms with Crippen molar-refractivity contribution in [2.24, 2.45) is 11.8 Å². The van der Waals surface area contributed by atoms with Crippen LogP contribution >= 0.6 is 23.2 Å². The first-order valence-electron chi connectivity index (χ1n) is 6.74. The van der Waals surface area contributed by atoms with Crippen molar-refractivity contribution in [1.82, 2.24) is 15.2 Å².